The molecule has 0 amide bonds. The van der Waals surface area contributed by atoms with Crippen LogP contribution in [0.25, 0.3) is 12.2 Å². The summed E-state index contributed by atoms with van der Waals surface area (Å²) in [6, 6.07) is 8.44. The predicted octanol–water partition coefficient (Wildman–Crippen LogP) is 0.274. The van der Waals surface area contributed by atoms with E-state index in [9.17, 15) is 49.5 Å². The Hall–Kier alpha value is -5.77. The summed E-state index contributed by atoms with van der Waals surface area (Å²) in [5, 5.41) is 53.4. The van der Waals surface area contributed by atoms with Crippen molar-refractivity contribution in [3.63, 3.8) is 0 Å². The first-order chi connectivity index (χ1) is 27.5. The molecule has 2 aliphatic rings. The maximum Gasteiger partial charge on any atom is 0.331 e. The fourth-order valence-corrected chi connectivity index (χ4v) is 5.87. The molecule has 4 rings (SSSR count). The van der Waals surface area contributed by atoms with Crippen molar-refractivity contribution in [2.24, 2.45) is 0 Å². The van der Waals surface area contributed by atoms with Crippen LogP contribution >= 0.6 is 0 Å². The van der Waals surface area contributed by atoms with Crippen LogP contribution in [0.4, 0.5) is 0 Å². The lowest BCUT2D eigenvalue weighted by molar-refractivity contribution is -0.384. The van der Waals surface area contributed by atoms with Crippen molar-refractivity contribution in [1.29, 1.82) is 0 Å². The van der Waals surface area contributed by atoms with Crippen LogP contribution in [0.1, 0.15) is 31.9 Å². The normalized spacial score (nSPS) is 26.8. The molecule has 2 fully saturated rings. The van der Waals surface area contributed by atoms with Gasteiger partial charge in [-0.15, -0.1) is 0 Å². The third-order valence-electron chi connectivity index (χ3n) is 8.55. The van der Waals surface area contributed by atoms with E-state index in [0.717, 1.165) is 32.9 Å². The average Bonchev–Trinajstić information content (AvgIpc) is 3.43. The van der Waals surface area contributed by atoms with Gasteiger partial charge < -0.3 is 72.9 Å². The summed E-state index contributed by atoms with van der Waals surface area (Å²) in [6.07, 6.45) is -9.72. The molecule has 0 bridgehead atoms. The standard InChI is InChI=1S/C38H44O20/c1-19(40)51-17-29-34(53-20(2)41)33(48)35(54-21(3)42)37(55-29)58-38(18-39)36(56-31(46)13-9-23-7-11-25(44)27(15-23)50-5)32(47)28(57-38)16-52-30(45)12-8-22-6-10-24(43)26(14-22)49-4/h6-15,28-29,32-37,39,43-44,47-48H,16-18H2,1-5H3. The van der Waals surface area contributed by atoms with Crippen LogP contribution in [-0.2, 0) is 61.9 Å². The second-order valence-electron chi connectivity index (χ2n) is 12.7. The number of rotatable bonds is 16. The van der Waals surface area contributed by atoms with E-state index in [0.29, 0.717) is 11.1 Å². The number of phenolic OH excluding ortho intramolecular Hbond substituents is 2. The first-order valence-corrected chi connectivity index (χ1v) is 17.4. The lowest BCUT2D eigenvalue weighted by Gasteiger charge is -2.45. The zero-order valence-corrected chi connectivity index (χ0v) is 31.9. The molecule has 5 N–H and O–H groups in total. The molecule has 20 nitrogen and oxygen atoms in total. The molecular weight excluding hydrogens is 776 g/mol. The van der Waals surface area contributed by atoms with Crippen LogP contribution < -0.4 is 9.47 Å². The van der Waals surface area contributed by atoms with E-state index < -0.39 is 104 Å². The van der Waals surface area contributed by atoms with E-state index in [1.807, 2.05) is 0 Å². The Labute approximate surface area is 331 Å². The Bertz CT molecular complexity index is 1860. The molecule has 0 aromatic heterocycles. The number of esters is 5. The molecule has 0 aliphatic carbocycles. The molecule has 2 aliphatic heterocycles. The van der Waals surface area contributed by atoms with E-state index in [2.05, 4.69) is 0 Å². The predicted molar refractivity (Wildman–Crippen MR) is 192 cm³/mol. The van der Waals surface area contributed by atoms with Gasteiger partial charge >= 0.3 is 29.8 Å². The minimum absolute atomic E-state index is 0.0952. The Morgan fingerprint density at radius 2 is 1.24 bits per heavy atom. The first kappa shape index (κ1) is 44.9. The Morgan fingerprint density at radius 1 is 0.707 bits per heavy atom. The number of methoxy groups -OCH3 is 2. The molecule has 0 saturated carbocycles. The number of ether oxygens (including phenoxy) is 10. The summed E-state index contributed by atoms with van der Waals surface area (Å²) in [5.41, 5.74) is 0.820. The summed E-state index contributed by atoms with van der Waals surface area (Å²) in [6.45, 7) is 0.496. The summed E-state index contributed by atoms with van der Waals surface area (Å²) in [4.78, 5) is 61.8. The van der Waals surface area contributed by atoms with Gasteiger partial charge in [0.2, 0.25) is 12.1 Å². The van der Waals surface area contributed by atoms with E-state index in [1.54, 1.807) is 0 Å². The van der Waals surface area contributed by atoms with E-state index in [4.69, 9.17) is 47.4 Å². The summed E-state index contributed by atoms with van der Waals surface area (Å²) in [7, 11) is 2.66. The van der Waals surface area contributed by atoms with E-state index in [1.165, 1.54) is 62.8 Å². The maximum absolute atomic E-state index is 13.3. The van der Waals surface area contributed by atoms with Crippen LogP contribution in [0.15, 0.2) is 48.6 Å². The second kappa shape index (κ2) is 20.1. The van der Waals surface area contributed by atoms with Crippen molar-refractivity contribution in [2.75, 3.05) is 34.0 Å². The SMILES string of the molecule is COc1cc(C=CC(=O)OCC2OC(CO)(OC3OC(COC(C)=O)C(OC(C)=O)C(O)C3OC(C)=O)C(OC(=O)C=Cc3ccc(O)c(OC)c3)C2O)ccc1O. The fourth-order valence-electron chi connectivity index (χ4n) is 5.87. The highest BCUT2D eigenvalue weighted by Crippen LogP contribution is 2.39. The molecule has 2 saturated heterocycles. The quantitative estimate of drug-likeness (QED) is 0.0863. The smallest absolute Gasteiger partial charge is 0.331 e. The number of carbonyl (C=O) groups excluding carboxylic acids is 5. The van der Waals surface area contributed by atoms with E-state index in [-0.39, 0.29) is 23.0 Å². The van der Waals surface area contributed by atoms with Crippen LogP contribution in [0.2, 0.25) is 0 Å². The van der Waals surface area contributed by atoms with Crippen LogP contribution in [-0.4, -0.2) is 144 Å². The van der Waals surface area contributed by atoms with Crippen LogP contribution in [0.5, 0.6) is 23.0 Å². The molecule has 20 heteroatoms. The second-order valence-corrected chi connectivity index (χ2v) is 12.7. The lowest BCUT2D eigenvalue weighted by atomic mass is 9.98. The van der Waals surface area contributed by atoms with Gasteiger partial charge in [0, 0.05) is 32.9 Å². The zero-order valence-electron chi connectivity index (χ0n) is 31.9. The van der Waals surface area contributed by atoms with Crippen molar-refractivity contribution in [1.82, 2.24) is 0 Å². The molecule has 0 spiro atoms. The van der Waals surface area contributed by atoms with Crippen molar-refractivity contribution in [3.8, 4) is 23.0 Å². The highest BCUT2D eigenvalue weighted by atomic mass is 16.8. The largest absolute Gasteiger partial charge is 0.504 e. The van der Waals surface area contributed by atoms with Gasteiger partial charge in [-0.3, -0.25) is 14.4 Å². The summed E-state index contributed by atoms with van der Waals surface area (Å²) in [5.74, 6) is -7.41. The third kappa shape index (κ3) is 11.4. The number of aliphatic hydroxyl groups is 3. The first-order valence-electron chi connectivity index (χ1n) is 17.4. The van der Waals surface area contributed by atoms with Gasteiger partial charge in [0.1, 0.15) is 44.2 Å². The topological polar surface area (TPSA) is 279 Å². The molecule has 0 radical (unpaired) electrons. The minimum atomic E-state index is -2.62. The molecule has 316 valence electrons. The summed E-state index contributed by atoms with van der Waals surface area (Å²) < 4.78 is 54.3. The number of benzene rings is 2. The zero-order chi connectivity index (χ0) is 42.7. The minimum Gasteiger partial charge on any atom is -0.504 e. The number of hydrogen-bond acceptors (Lipinski definition) is 20. The molecule has 58 heavy (non-hydrogen) atoms. The maximum atomic E-state index is 13.3. The Morgan fingerprint density at radius 3 is 1.76 bits per heavy atom. The number of hydrogen-bond donors (Lipinski definition) is 5. The highest BCUT2D eigenvalue weighted by Gasteiger charge is 2.62. The van der Waals surface area contributed by atoms with Crippen molar-refractivity contribution in [3.05, 3.63) is 59.7 Å². The van der Waals surface area contributed by atoms with Gasteiger partial charge in [0.05, 0.1) is 14.2 Å². The highest BCUT2D eigenvalue weighted by molar-refractivity contribution is 5.88. The molecule has 9 unspecified atom stereocenters. The lowest BCUT2D eigenvalue weighted by Crippen LogP contribution is -2.64. The average molecular weight is 821 g/mol. The Kier molecular flexibility index (Phi) is 15.6. The molecule has 2 heterocycles. The third-order valence-corrected chi connectivity index (χ3v) is 8.55. The van der Waals surface area contributed by atoms with Crippen molar-refractivity contribution in [2.45, 2.75) is 75.6 Å². The van der Waals surface area contributed by atoms with Gasteiger partial charge in [0.15, 0.2) is 41.3 Å². The van der Waals surface area contributed by atoms with E-state index >= 15 is 0 Å². The molecule has 2 aromatic carbocycles. The van der Waals surface area contributed by atoms with Crippen LogP contribution in [0, 0.1) is 0 Å². The number of carbonyl (C=O) groups is 5. The molecule has 2 aromatic rings. The van der Waals surface area contributed by atoms with Gasteiger partial charge in [-0.1, -0.05) is 12.1 Å². The van der Waals surface area contributed by atoms with Gasteiger partial charge in [-0.2, -0.15) is 0 Å². The van der Waals surface area contributed by atoms with Crippen molar-refractivity contribution < 1.29 is 96.9 Å². The summed E-state index contributed by atoms with van der Waals surface area (Å²) >= 11 is 0. The fraction of sp³-hybridized carbons (Fsp3) is 0.447. The molecule has 9 atom stereocenters. The van der Waals surface area contributed by atoms with Crippen molar-refractivity contribution >= 4 is 42.0 Å². The van der Waals surface area contributed by atoms with Crippen LogP contribution in [0.3, 0.4) is 0 Å². The van der Waals surface area contributed by atoms with Gasteiger partial charge in [-0.05, 0) is 47.5 Å². The number of aromatic hydroxyl groups is 2. The number of aliphatic hydroxyl groups excluding tert-OH is 3. The Balaban J connectivity index is 1.65. The van der Waals surface area contributed by atoms with Gasteiger partial charge in [0.25, 0.3) is 0 Å². The molecular formula is C38H44O20. The monoisotopic (exact) mass is 820 g/mol. The number of phenols is 2. The van der Waals surface area contributed by atoms with Gasteiger partial charge in [-0.25, -0.2) is 9.59 Å².